The summed E-state index contributed by atoms with van der Waals surface area (Å²) in [5, 5.41) is 0. The molecule has 0 N–H and O–H groups in total. The second-order valence-corrected chi connectivity index (χ2v) is 28.3. The summed E-state index contributed by atoms with van der Waals surface area (Å²) < 4.78 is 30.7. The number of rotatable bonds is 9. The van der Waals surface area contributed by atoms with E-state index in [1.807, 2.05) is 48.5 Å². The Morgan fingerprint density at radius 1 is 0.900 bits per heavy atom. The zero-order valence-electron chi connectivity index (χ0n) is 23.8. The minimum atomic E-state index is -3.79. The van der Waals surface area contributed by atoms with Crippen LogP contribution in [0, 0.1) is 0 Å². The van der Waals surface area contributed by atoms with Crippen molar-refractivity contribution in [2.24, 2.45) is 0 Å². The Morgan fingerprint density at radius 2 is 1.60 bits per heavy atom. The molecule has 8 heteroatoms. The number of benzene rings is 3. The van der Waals surface area contributed by atoms with Crippen molar-refractivity contribution in [3.8, 4) is 0 Å². The number of unbranched alkanes of at least 4 members (excludes halogenated alkanes) is 1. The van der Waals surface area contributed by atoms with E-state index in [-0.39, 0.29) is 23.3 Å². The standard InChI is InChI=1S/C29H29N2O4S.3CH3.Sn/c1-2-3-8-21-13-15-23(16-14-21)36(34,35)31-20-17-22-9-4-5-10-24(22)27(31)18-19-30-28(32)25-11-6-7-12-26(25)29(30)33;;;;/h4-6,9-16,27H,2-3,8,17-20H2,1H3;3*1H3;. The van der Waals surface area contributed by atoms with Crippen LogP contribution in [0.3, 0.4) is 0 Å². The third-order valence-corrected chi connectivity index (χ3v) is 15.9. The predicted octanol–water partition coefficient (Wildman–Crippen LogP) is 5.55. The SMILES string of the molecule is CCCCc1ccc(S(=O)(=O)N2CCc3ccccc3C2CCN2C(=O)c3cc[c]([Sn]([CH3])([CH3])[CH3])cc3C2=O)cc1. The van der Waals surface area contributed by atoms with Gasteiger partial charge in [-0.3, -0.25) is 0 Å². The third kappa shape index (κ3) is 5.52. The Balaban J connectivity index is 1.42. The molecule has 40 heavy (non-hydrogen) atoms. The van der Waals surface area contributed by atoms with Gasteiger partial charge < -0.3 is 0 Å². The molecule has 1 atom stereocenters. The van der Waals surface area contributed by atoms with Crippen molar-refractivity contribution in [1.82, 2.24) is 9.21 Å². The van der Waals surface area contributed by atoms with Gasteiger partial charge in [0.05, 0.1) is 0 Å². The van der Waals surface area contributed by atoms with Crippen LogP contribution in [0.1, 0.15) is 69.6 Å². The second-order valence-electron chi connectivity index (χ2n) is 11.9. The van der Waals surface area contributed by atoms with Crippen molar-refractivity contribution < 1.29 is 18.0 Å². The van der Waals surface area contributed by atoms with Crippen LogP contribution in [0.4, 0.5) is 0 Å². The van der Waals surface area contributed by atoms with Crippen molar-refractivity contribution in [3.05, 3.63) is 94.5 Å². The molecule has 0 radical (unpaired) electrons. The summed E-state index contributed by atoms with van der Waals surface area (Å²) in [5.41, 5.74) is 4.11. The van der Waals surface area contributed by atoms with Crippen LogP contribution in [0.25, 0.3) is 0 Å². The number of sulfonamides is 1. The number of imide groups is 1. The molecule has 2 aliphatic heterocycles. The zero-order valence-corrected chi connectivity index (χ0v) is 27.5. The van der Waals surface area contributed by atoms with E-state index in [0.717, 1.165) is 36.0 Å². The molecule has 210 valence electrons. The van der Waals surface area contributed by atoms with Crippen molar-refractivity contribution in [2.75, 3.05) is 13.1 Å². The molecule has 0 saturated heterocycles. The van der Waals surface area contributed by atoms with E-state index in [0.29, 0.717) is 30.5 Å². The summed E-state index contributed by atoms with van der Waals surface area (Å²) >= 11 is -2.44. The maximum absolute atomic E-state index is 14.0. The van der Waals surface area contributed by atoms with Gasteiger partial charge in [0.25, 0.3) is 0 Å². The average molecular weight is 665 g/mol. The number of amides is 2. The van der Waals surface area contributed by atoms with Gasteiger partial charge in [-0.2, -0.15) is 0 Å². The summed E-state index contributed by atoms with van der Waals surface area (Å²) in [4.78, 5) is 35.1. The monoisotopic (exact) mass is 666 g/mol. The van der Waals surface area contributed by atoms with Crippen molar-refractivity contribution in [1.29, 1.82) is 0 Å². The van der Waals surface area contributed by atoms with E-state index in [9.17, 15) is 18.0 Å². The maximum atomic E-state index is 14.0. The predicted molar refractivity (Wildman–Crippen MR) is 161 cm³/mol. The molecule has 2 heterocycles. The van der Waals surface area contributed by atoms with Crippen LogP contribution >= 0.6 is 0 Å². The Kier molecular flexibility index (Phi) is 8.28. The van der Waals surface area contributed by atoms with E-state index >= 15 is 0 Å². The molecule has 0 aromatic heterocycles. The molecular formula is C32H38N2O4SSn. The van der Waals surface area contributed by atoms with E-state index in [4.69, 9.17) is 0 Å². The van der Waals surface area contributed by atoms with Gasteiger partial charge in [0, 0.05) is 0 Å². The molecule has 0 aliphatic carbocycles. The second kappa shape index (κ2) is 11.4. The smallest absolute Gasteiger partial charge is 0.0577 e. The van der Waals surface area contributed by atoms with Crippen molar-refractivity contribution >= 4 is 43.8 Å². The molecule has 3 aromatic carbocycles. The van der Waals surface area contributed by atoms with Gasteiger partial charge in [0.15, 0.2) is 0 Å². The van der Waals surface area contributed by atoms with Crippen molar-refractivity contribution in [3.63, 3.8) is 0 Å². The molecule has 1 unspecified atom stereocenters. The zero-order chi connectivity index (χ0) is 28.7. The third-order valence-electron chi connectivity index (χ3n) is 8.18. The Morgan fingerprint density at radius 3 is 2.30 bits per heavy atom. The number of fused-ring (bicyclic) bond motifs is 2. The van der Waals surface area contributed by atoms with Gasteiger partial charge >= 0.3 is 200 Å². The first kappa shape index (κ1) is 29.0. The van der Waals surface area contributed by atoms with Gasteiger partial charge in [-0.15, -0.1) is 0 Å². The van der Waals surface area contributed by atoms with Crippen molar-refractivity contribution in [2.45, 2.75) is 64.8 Å². The van der Waals surface area contributed by atoms with Crippen LogP contribution in [-0.4, -0.2) is 60.9 Å². The molecule has 0 spiro atoms. The van der Waals surface area contributed by atoms with Gasteiger partial charge in [-0.25, -0.2) is 0 Å². The normalized spacial score (nSPS) is 17.7. The summed E-state index contributed by atoms with van der Waals surface area (Å²) in [6, 6.07) is 20.4. The van der Waals surface area contributed by atoms with Gasteiger partial charge in [0.2, 0.25) is 0 Å². The topological polar surface area (TPSA) is 74.8 Å². The molecule has 2 amide bonds. The average Bonchev–Trinajstić information content (AvgIpc) is 3.18. The minimum Gasteiger partial charge on any atom is -0.0577 e. The fourth-order valence-corrected chi connectivity index (χ4v) is 10.7. The van der Waals surface area contributed by atoms with Crippen LogP contribution in [0.15, 0.2) is 71.6 Å². The quantitative estimate of drug-likeness (QED) is 0.222. The van der Waals surface area contributed by atoms with Gasteiger partial charge in [-0.05, 0) is 18.4 Å². The number of hydrogen-bond donors (Lipinski definition) is 0. The number of carbonyl (C=O) groups is 2. The number of nitrogens with zero attached hydrogens (tertiary/aromatic N) is 2. The Bertz CT molecular complexity index is 1540. The first-order chi connectivity index (χ1) is 19.0. The first-order valence-electron chi connectivity index (χ1n) is 14.2. The Hall–Kier alpha value is -2.49. The van der Waals surface area contributed by atoms with Crippen LogP contribution in [0.2, 0.25) is 14.8 Å². The number of carbonyl (C=O) groups excluding carboxylic acids is 2. The minimum absolute atomic E-state index is 0.154. The summed E-state index contributed by atoms with van der Waals surface area (Å²) in [6.07, 6.45) is 4.03. The fourth-order valence-electron chi connectivity index (χ4n) is 5.77. The van der Waals surface area contributed by atoms with Gasteiger partial charge in [-0.1, -0.05) is 25.5 Å². The summed E-state index contributed by atoms with van der Waals surface area (Å²) in [5.74, 6) is -0.574. The van der Waals surface area contributed by atoms with Crippen LogP contribution in [0.5, 0.6) is 0 Å². The molecule has 0 bridgehead atoms. The fraction of sp³-hybridized carbons (Fsp3) is 0.375. The number of hydrogen-bond acceptors (Lipinski definition) is 4. The molecule has 6 nitrogen and oxygen atoms in total. The molecule has 5 rings (SSSR count). The van der Waals surface area contributed by atoms with E-state index in [2.05, 4.69) is 21.7 Å². The first-order valence-corrected chi connectivity index (χ1v) is 25.6. The van der Waals surface area contributed by atoms with E-state index in [1.54, 1.807) is 22.5 Å². The molecule has 3 aromatic rings. The molecular weight excluding hydrogens is 627 g/mol. The molecule has 0 fully saturated rings. The summed E-state index contributed by atoms with van der Waals surface area (Å²) in [7, 11) is -3.79. The molecule has 0 saturated carbocycles. The summed E-state index contributed by atoms with van der Waals surface area (Å²) in [6.45, 7) is 2.65. The number of aryl methyl sites for hydroxylation is 1. The van der Waals surface area contributed by atoms with E-state index < -0.39 is 34.4 Å². The Labute approximate surface area is 242 Å². The van der Waals surface area contributed by atoms with Crippen LogP contribution in [-0.2, 0) is 22.9 Å². The van der Waals surface area contributed by atoms with Crippen LogP contribution < -0.4 is 3.58 Å². The van der Waals surface area contributed by atoms with Gasteiger partial charge in [0.1, 0.15) is 0 Å². The van der Waals surface area contributed by atoms with E-state index in [1.165, 1.54) is 8.48 Å². The molecule has 2 aliphatic rings.